The van der Waals surface area contributed by atoms with Gasteiger partial charge in [-0.1, -0.05) is 34.1 Å². The van der Waals surface area contributed by atoms with Gasteiger partial charge in [-0.05, 0) is 35.9 Å². The van der Waals surface area contributed by atoms with E-state index in [-0.39, 0.29) is 5.91 Å². The lowest BCUT2D eigenvalue weighted by atomic mass is 10.2. The van der Waals surface area contributed by atoms with Gasteiger partial charge in [-0.15, -0.1) is 0 Å². The quantitative estimate of drug-likeness (QED) is 0.938. The molecule has 2 aromatic carbocycles. The molecule has 0 heterocycles. The molecule has 1 amide bonds. The molecule has 19 heavy (non-hydrogen) atoms. The Labute approximate surface area is 120 Å². The lowest BCUT2D eigenvalue weighted by Gasteiger charge is -2.07. The molecular formula is C15H14BrNO2. The van der Waals surface area contributed by atoms with Crippen molar-refractivity contribution in [1.82, 2.24) is 5.32 Å². The molecule has 0 spiro atoms. The van der Waals surface area contributed by atoms with Gasteiger partial charge in [0.1, 0.15) is 5.75 Å². The predicted octanol–water partition coefficient (Wildman–Crippen LogP) is 3.39. The summed E-state index contributed by atoms with van der Waals surface area (Å²) in [6, 6.07) is 14.9. The monoisotopic (exact) mass is 319 g/mol. The molecule has 0 saturated heterocycles. The smallest absolute Gasteiger partial charge is 0.251 e. The molecule has 0 bridgehead atoms. The first kappa shape index (κ1) is 13.6. The molecule has 2 rings (SSSR count). The summed E-state index contributed by atoms with van der Waals surface area (Å²) >= 11 is 3.38. The lowest BCUT2D eigenvalue weighted by molar-refractivity contribution is 0.0950. The number of benzene rings is 2. The minimum absolute atomic E-state index is 0.109. The third kappa shape index (κ3) is 3.83. The predicted molar refractivity (Wildman–Crippen MR) is 78.3 cm³/mol. The van der Waals surface area contributed by atoms with Crippen LogP contribution in [0.25, 0.3) is 0 Å². The van der Waals surface area contributed by atoms with E-state index in [0.717, 1.165) is 10.0 Å². The Morgan fingerprint density at radius 3 is 2.63 bits per heavy atom. The molecule has 0 aliphatic carbocycles. The van der Waals surface area contributed by atoms with E-state index < -0.39 is 0 Å². The number of amides is 1. The number of hydrogen-bond acceptors (Lipinski definition) is 2. The zero-order valence-corrected chi connectivity index (χ0v) is 12.1. The fourth-order valence-corrected chi connectivity index (χ4v) is 1.92. The van der Waals surface area contributed by atoms with Crippen molar-refractivity contribution in [1.29, 1.82) is 0 Å². The Morgan fingerprint density at radius 1 is 1.21 bits per heavy atom. The van der Waals surface area contributed by atoms with Crippen molar-refractivity contribution in [3.8, 4) is 5.75 Å². The van der Waals surface area contributed by atoms with Crippen LogP contribution in [0, 0.1) is 0 Å². The molecule has 0 saturated carbocycles. The number of hydrogen-bond donors (Lipinski definition) is 1. The molecule has 0 unspecified atom stereocenters. The molecule has 0 fully saturated rings. The highest BCUT2D eigenvalue weighted by atomic mass is 79.9. The van der Waals surface area contributed by atoms with Crippen LogP contribution in [0.15, 0.2) is 53.0 Å². The summed E-state index contributed by atoms with van der Waals surface area (Å²) in [5.41, 5.74) is 1.65. The van der Waals surface area contributed by atoms with Crippen LogP contribution < -0.4 is 10.1 Å². The Bertz CT molecular complexity index is 567. The summed E-state index contributed by atoms with van der Waals surface area (Å²) in [5.74, 6) is 0.568. The highest BCUT2D eigenvalue weighted by molar-refractivity contribution is 9.10. The van der Waals surface area contributed by atoms with Crippen LogP contribution in [0.1, 0.15) is 15.9 Å². The van der Waals surface area contributed by atoms with Crippen molar-refractivity contribution in [2.24, 2.45) is 0 Å². The van der Waals surface area contributed by atoms with Crippen molar-refractivity contribution < 1.29 is 9.53 Å². The van der Waals surface area contributed by atoms with Gasteiger partial charge < -0.3 is 10.1 Å². The molecule has 0 aliphatic heterocycles. The number of carbonyl (C=O) groups is 1. The molecule has 98 valence electrons. The summed E-state index contributed by atoms with van der Waals surface area (Å²) in [6.45, 7) is 0.503. The van der Waals surface area contributed by atoms with Crippen LogP contribution in [0.3, 0.4) is 0 Å². The van der Waals surface area contributed by atoms with Gasteiger partial charge in [0, 0.05) is 16.6 Å². The first-order valence-electron chi connectivity index (χ1n) is 5.86. The molecule has 4 heteroatoms. The van der Waals surface area contributed by atoms with Crippen molar-refractivity contribution in [3.05, 3.63) is 64.1 Å². The van der Waals surface area contributed by atoms with E-state index in [1.54, 1.807) is 25.3 Å². The number of ether oxygens (including phenoxy) is 1. The summed E-state index contributed by atoms with van der Waals surface area (Å²) in [5, 5.41) is 2.88. The van der Waals surface area contributed by atoms with E-state index in [1.165, 1.54) is 0 Å². The number of carbonyl (C=O) groups excluding carboxylic acids is 1. The van der Waals surface area contributed by atoms with Crippen LogP contribution in [-0.4, -0.2) is 13.0 Å². The van der Waals surface area contributed by atoms with Crippen LogP contribution >= 0.6 is 15.9 Å². The highest BCUT2D eigenvalue weighted by Crippen LogP contribution is 2.13. The van der Waals surface area contributed by atoms with Crippen LogP contribution in [0.5, 0.6) is 5.75 Å². The summed E-state index contributed by atoms with van der Waals surface area (Å²) in [4.78, 5) is 12.0. The number of halogens is 1. The molecule has 2 aromatic rings. The Morgan fingerprint density at radius 2 is 1.95 bits per heavy atom. The third-order valence-corrected chi connectivity index (χ3v) is 3.23. The van der Waals surface area contributed by atoms with Crippen LogP contribution in [0.4, 0.5) is 0 Å². The van der Waals surface area contributed by atoms with Gasteiger partial charge in [0.15, 0.2) is 0 Å². The largest absolute Gasteiger partial charge is 0.497 e. The van der Waals surface area contributed by atoms with Gasteiger partial charge in [0.25, 0.3) is 5.91 Å². The van der Waals surface area contributed by atoms with Gasteiger partial charge in [-0.3, -0.25) is 4.79 Å². The van der Waals surface area contributed by atoms with Crippen molar-refractivity contribution in [3.63, 3.8) is 0 Å². The van der Waals surface area contributed by atoms with E-state index in [9.17, 15) is 4.79 Å². The molecule has 0 atom stereocenters. The van der Waals surface area contributed by atoms with Gasteiger partial charge in [0.2, 0.25) is 0 Å². The van der Waals surface area contributed by atoms with E-state index in [0.29, 0.717) is 17.9 Å². The lowest BCUT2D eigenvalue weighted by Crippen LogP contribution is -2.22. The van der Waals surface area contributed by atoms with E-state index in [4.69, 9.17) is 4.74 Å². The van der Waals surface area contributed by atoms with Crippen molar-refractivity contribution in [2.45, 2.75) is 6.54 Å². The second kappa shape index (κ2) is 6.38. The minimum atomic E-state index is -0.109. The normalized spacial score (nSPS) is 10.0. The number of rotatable bonds is 4. The maximum atomic E-state index is 12.0. The van der Waals surface area contributed by atoms with Gasteiger partial charge in [0.05, 0.1) is 7.11 Å². The highest BCUT2D eigenvalue weighted by Gasteiger charge is 2.06. The minimum Gasteiger partial charge on any atom is -0.497 e. The zero-order valence-electron chi connectivity index (χ0n) is 10.5. The first-order valence-corrected chi connectivity index (χ1v) is 6.65. The second-order valence-corrected chi connectivity index (χ2v) is 4.96. The Balaban J connectivity index is 1.99. The van der Waals surface area contributed by atoms with E-state index in [2.05, 4.69) is 21.2 Å². The zero-order chi connectivity index (χ0) is 13.7. The molecule has 0 aliphatic rings. The fourth-order valence-electron chi connectivity index (χ4n) is 1.65. The Hall–Kier alpha value is -1.81. The third-order valence-electron chi connectivity index (χ3n) is 2.70. The first-order chi connectivity index (χ1) is 9.19. The van der Waals surface area contributed by atoms with Gasteiger partial charge >= 0.3 is 0 Å². The second-order valence-electron chi connectivity index (χ2n) is 4.04. The Kier molecular flexibility index (Phi) is 4.58. The summed E-state index contributed by atoms with van der Waals surface area (Å²) in [7, 11) is 1.58. The fraction of sp³-hybridized carbons (Fsp3) is 0.133. The average molecular weight is 320 g/mol. The van der Waals surface area contributed by atoms with Crippen LogP contribution in [-0.2, 0) is 6.54 Å². The molecule has 3 nitrogen and oxygen atoms in total. The van der Waals surface area contributed by atoms with Gasteiger partial charge in [-0.25, -0.2) is 0 Å². The number of nitrogens with one attached hydrogen (secondary N) is 1. The maximum Gasteiger partial charge on any atom is 0.251 e. The van der Waals surface area contributed by atoms with Crippen molar-refractivity contribution >= 4 is 21.8 Å². The number of methoxy groups -OCH3 is 1. The molecule has 0 aromatic heterocycles. The average Bonchev–Trinajstić information content (AvgIpc) is 2.46. The van der Waals surface area contributed by atoms with Gasteiger partial charge in [-0.2, -0.15) is 0 Å². The van der Waals surface area contributed by atoms with Crippen molar-refractivity contribution in [2.75, 3.05) is 7.11 Å². The molecule has 1 N–H and O–H groups in total. The standard InChI is InChI=1S/C15H14BrNO2/c1-19-14-4-2-3-12(9-14)15(18)17-10-11-5-7-13(16)8-6-11/h2-9H,10H2,1H3,(H,17,18). The van der Waals surface area contributed by atoms with Crippen LogP contribution in [0.2, 0.25) is 0 Å². The SMILES string of the molecule is COc1cccc(C(=O)NCc2ccc(Br)cc2)c1. The maximum absolute atomic E-state index is 12.0. The topological polar surface area (TPSA) is 38.3 Å². The van der Waals surface area contributed by atoms with E-state index >= 15 is 0 Å². The molecule has 0 radical (unpaired) electrons. The summed E-state index contributed by atoms with van der Waals surface area (Å²) in [6.07, 6.45) is 0. The summed E-state index contributed by atoms with van der Waals surface area (Å²) < 4.78 is 6.12. The molecular weight excluding hydrogens is 306 g/mol. The van der Waals surface area contributed by atoms with E-state index in [1.807, 2.05) is 30.3 Å².